The normalized spacial score (nSPS) is 10.3. The lowest BCUT2D eigenvalue weighted by Crippen LogP contribution is -2.07. The fraction of sp³-hybridized carbons (Fsp3) is 0.375. The zero-order chi connectivity index (χ0) is 15.9. The highest BCUT2D eigenvalue weighted by atomic mass is 32.2. The van der Waals surface area contributed by atoms with Gasteiger partial charge in [0.2, 0.25) is 0 Å². The Hall–Kier alpha value is -0.875. The molecule has 0 radical (unpaired) electrons. The van der Waals surface area contributed by atoms with Crippen LogP contribution in [-0.2, 0) is 9.47 Å². The van der Waals surface area contributed by atoms with Crippen LogP contribution in [-0.4, -0.2) is 39.7 Å². The average Bonchev–Trinajstić information content (AvgIpc) is 2.79. The quantitative estimate of drug-likeness (QED) is 0.273. The van der Waals surface area contributed by atoms with E-state index in [0.717, 1.165) is 3.52 Å². The summed E-state index contributed by atoms with van der Waals surface area (Å²) in [5.41, 5.74) is 0. The Bertz CT molecular complexity index is 437. The maximum atomic E-state index is 11.4. The number of esters is 2. The van der Waals surface area contributed by atoms with Gasteiger partial charge in [-0.2, -0.15) is 0 Å². The Morgan fingerprint density at radius 3 is 1.95 bits per heavy atom. The van der Waals surface area contributed by atoms with Gasteiger partial charge in [-0.05, 0) is 6.26 Å². The van der Waals surface area contributed by atoms with Crippen LogP contribution in [0.5, 0.6) is 0 Å². The summed E-state index contributed by atoms with van der Waals surface area (Å²) in [6.07, 6.45) is 1.88. The van der Waals surface area contributed by atoms with Gasteiger partial charge in [0.15, 0.2) is 0 Å². The molecule has 0 amide bonds. The van der Waals surface area contributed by atoms with E-state index in [9.17, 15) is 26.9 Å². The molecule has 0 aliphatic carbocycles. The third kappa shape index (κ3) is 7.05. The minimum absolute atomic E-state index is 0.304. The molecule has 0 saturated carbocycles. The predicted molar refractivity (Wildman–Crippen MR) is 71.2 cm³/mol. The summed E-state index contributed by atoms with van der Waals surface area (Å²) in [6.45, 7) is 0. The van der Waals surface area contributed by atoms with Gasteiger partial charge in [0.1, 0.15) is 22.7 Å². The van der Waals surface area contributed by atoms with E-state index in [1.54, 1.807) is 0 Å². The number of ether oxygens (including phenoxy) is 2. The standard InChI is InChI=1S/C8H9O4S3.BF4/c1-11-6(9)4-5(7(10)12-2)15-8(13-3)14-4;2-1(3,4)5/h1-3H3;/q+1;-1. The van der Waals surface area contributed by atoms with Crippen LogP contribution in [0, 0.1) is 0 Å². The Kier molecular flexibility index (Phi) is 8.05. The molecule has 0 aliphatic heterocycles. The summed E-state index contributed by atoms with van der Waals surface area (Å²) in [4.78, 5) is 23.3. The first-order chi connectivity index (χ1) is 9.13. The summed E-state index contributed by atoms with van der Waals surface area (Å²) in [5, 5.41) is 0. The van der Waals surface area contributed by atoms with Crippen molar-refractivity contribution in [2.24, 2.45) is 0 Å². The van der Waals surface area contributed by atoms with E-state index in [2.05, 4.69) is 9.47 Å². The van der Waals surface area contributed by atoms with E-state index < -0.39 is 19.2 Å². The second kappa shape index (κ2) is 8.42. The number of hydrogen-bond acceptors (Lipinski definition) is 6. The molecule has 4 nitrogen and oxygen atoms in total. The summed E-state index contributed by atoms with van der Waals surface area (Å²) >= 11 is 3.97. The molecule has 1 rings (SSSR count). The minimum atomic E-state index is -6.00. The maximum Gasteiger partial charge on any atom is 0.673 e. The van der Waals surface area contributed by atoms with Gasteiger partial charge in [0.25, 0.3) is 9.75 Å². The smallest absolute Gasteiger partial charge is 0.463 e. The lowest BCUT2D eigenvalue weighted by atomic mass is 10.3. The van der Waals surface area contributed by atoms with Crippen LogP contribution < -0.4 is 0 Å². The zero-order valence-electron chi connectivity index (χ0n) is 10.4. The number of carbonyl (C=O) groups is 2. The van der Waals surface area contributed by atoms with E-state index in [0.29, 0.717) is 9.75 Å². The number of halogens is 4. The fourth-order valence-corrected chi connectivity index (χ4v) is 3.92. The first kappa shape index (κ1) is 19.1. The van der Waals surface area contributed by atoms with Crippen molar-refractivity contribution in [1.82, 2.24) is 0 Å². The van der Waals surface area contributed by atoms with Crippen LogP contribution in [0.15, 0.2) is 3.52 Å². The van der Waals surface area contributed by atoms with Gasteiger partial charge in [0, 0.05) is 0 Å². The number of hydrogen-bond donors (Lipinski definition) is 0. The molecule has 0 fully saturated rings. The summed E-state index contributed by atoms with van der Waals surface area (Å²) in [7, 11) is -3.43. The Labute approximate surface area is 124 Å². The van der Waals surface area contributed by atoms with Crippen molar-refractivity contribution in [2.75, 3.05) is 20.5 Å². The van der Waals surface area contributed by atoms with E-state index in [-0.39, 0.29) is 0 Å². The lowest BCUT2D eigenvalue weighted by Gasteiger charge is -1.94. The first-order valence-electron chi connectivity index (χ1n) is 4.68. The van der Waals surface area contributed by atoms with Crippen LogP contribution >= 0.6 is 34.4 Å². The highest BCUT2D eigenvalue weighted by Gasteiger charge is 2.34. The molecular weight excluding hydrogens is 343 g/mol. The van der Waals surface area contributed by atoms with Crippen LogP contribution in [0.1, 0.15) is 19.3 Å². The molecule has 0 aromatic carbocycles. The Morgan fingerprint density at radius 1 is 1.15 bits per heavy atom. The van der Waals surface area contributed by atoms with E-state index in [1.807, 2.05) is 6.26 Å². The first-order valence-corrected chi connectivity index (χ1v) is 7.54. The van der Waals surface area contributed by atoms with Crippen molar-refractivity contribution in [3.8, 4) is 0 Å². The van der Waals surface area contributed by atoms with Crippen molar-refractivity contribution in [3.05, 3.63) is 9.75 Å². The number of methoxy groups -OCH3 is 2. The van der Waals surface area contributed by atoms with Crippen molar-refractivity contribution >= 4 is 53.6 Å². The van der Waals surface area contributed by atoms with Gasteiger partial charge in [-0.3, -0.25) is 0 Å². The van der Waals surface area contributed by atoms with Crippen LogP contribution in [0.3, 0.4) is 0 Å². The summed E-state index contributed by atoms with van der Waals surface area (Å²) < 4.78 is 49.1. The Morgan fingerprint density at radius 2 is 1.60 bits per heavy atom. The van der Waals surface area contributed by atoms with E-state index in [4.69, 9.17) is 0 Å². The van der Waals surface area contributed by atoms with Crippen LogP contribution in [0.2, 0.25) is 0 Å². The summed E-state index contributed by atoms with van der Waals surface area (Å²) in [5.74, 6) is -1.01. The SMILES string of the molecule is COC(=O)c1sc(SC)[s+]c1C(=O)OC.F[B-](F)(F)F. The van der Waals surface area contributed by atoms with Gasteiger partial charge in [0.05, 0.1) is 14.2 Å². The zero-order valence-corrected chi connectivity index (χ0v) is 12.9. The largest absolute Gasteiger partial charge is 0.673 e. The van der Waals surface area contributed by atoms with Gasteiger partial charge in [-0.15, -0.1) is 0 Å². The number of thioether (sulfide) groups is 1. The highest BCUT2D eigenvalue weighted by Crippen LogP contribution is 2.35. The topological polar surface area (TPSA) is 52.6 Å². The molecule has 0 spiro atoms. The summed E-state index contributed by atoms with van der Waals surface area (Å²) in [6, 6.07) is 0. The third-order valence-corrected chi connectivity index (χ3v) is 5.43. The van der Waals surface area contributed by atoms with Crippen molar-refractivity contribution in [3.63, 3.8) is 0 Å². The highest BCUT2D eigenvalue weighted by molar-refractivity contribution is 8.02. The van der Waals surface area contributed by atoms with E-state index in [1.165, 1.54) is 48.7 Å². The molecule has 0 bridgehead atoms. The van der Waals surface area contributed by atoms with Gasteiger partial charge < -0.3 is 26.7 Å². The molecule has 20 heavy (non-hydrogen) atoms. The predicted octanol–water partition coefficient (Wildman–Crippen LogP) is 3.69. The van der Waals surface area contributed by atoms with Gasteiger partial charge in [-0.1, -0.05) is 11.8 Å². The molecule has 114 valence electrons. The van der Waals surface area contributed by atoms with Gasteiger partial charge in [-0.25, -0.2) is 9.59 Å². The second-order valence-electron chi connectivity index (χ2n) is 2.79. The molecule has 0 N–H and O–H groups in total. The second-order valence-corrected chi connectivity index (χ2v) is 6.43. The molecule has 1 aromatic heterocycles. The monoisotopic (exact) mass is 352 g/mol. The molecule has 1 heterocycles. The van der Waals surface area contributed by atoms with Crippen LogP contribution in [0.25, 0.3) is 0 Å². The number of rotatable bonds is 3. The molecular formula is C8H9BF4O4S3. The molecule has 0 aliphatic rings. The Balaban J connectivity index is 0.000000621. The molecule has 12 heteroatoms. The fourth-order valence-electron chi connectivity index (χ4n) is 0.818. The molecule has 0 saturated heterocycles. The lowest BCUT2D eigenvalue weighted by molar-refractivity contribution is 0.0564. The average molecular weight is 352 g/mol. The van der Waals surface area contributed by atoms with Gasteiger partial charge >= 0.3 is 22.7 Å². The minimum Gasteiger partial charge on any atom is -0.463 e. The number of carbonyl (C=O) groups excluding carboxylic acids is 2. The van der Waals surface area contributed by atoms with Crippen molar-refractivity contribution < 1.29 is 36.3 Å². The van der Waals surface area contributed by atoms with Crippen molar-refractivity contribution in [2.45, 2.75) is 3.52 Å². The third-order valence-electron chi connectivity index (χ3n) is 1.49. The van der Waals surface area contributed by atoms with Crippen LogP contribution in [0.4, 0.5) is 17.3 Å². The maximum absolute atomic E-state index is 11.4. The molecule has 1 aromatic rings. The molecule has 0 unspecified atom stereocenters. The molecule has 0 atom stereocenters. The van der Waals surface area contributed by atoms with E-state index >= 15 is 0 Å². The van der Waals surface area contributed by atoms with Crippen molar-refractivity contribution in [1.29, 1.82) is 0 Å².